The van der Waals surface area contributed by atoms with Crippen LogP contribution in [-0.4, -0.2) is 54.3 Å². The van der Waals surface area contributed by atoms with Crippen LogP contribution in [-0.2, 0) is 21.7 Å². The summed E-state index contributed by atoms with van der Waals surface area (Å²) < 4.78 is 13.2. The van der Waals surface area contributed by atoms with Gasteiger partial charge >= 0.3 is 6.03 Å². The highest BCUT2D eigenvalue weighted by atomic mass is 19.1. The standard InChI is InChI=1S/C23H27FN4O3/c1-23(18-9-11-19(24)12-10-18)21(30)28(22(31)26-23)16-20(29)25-13-6-14-27(2)15-17-7-4-3-5-8-17/h3-5,7-12H,6,13-16H2,1-2H3,(H,25,29)(H,26,31). The molecule has 1 fully saturated rings. The van der Waals surface area contributed by atoms with Gasteiger partial charge in [-0.2, -0.15) is 0 Å². The molecule has 4 amide bonds. The van der Waals surface area contributed by atoms with Gasteiger partial charge in [0.15, 0.2) is 0 Å². The van der Waals surface area contributed by atoms with Crippen molar-refractivity contribution < 1.29 is 18.8 Å². The van der Waals surface area contributed by atoms with Gasteiger partial charge in [-0.05, 0) is 50.2 Å². The van der Waals surface area contributed by atoms with Crippen molar-refractivity contribution in [3.05, 3.63) is 71.5 Å². The number of hydrogen-bond acceptors (Lipinski definition) is 4. The predicted molar refractivity (Wildman–Crippen MR) is 114 cm³/mol. The number of carbonyl (C=O) groups excluding carboxylic acids is 3. The average molecular weight is 426 g/mol. The molecule has 3 rings (SSSR count). The minimum absolute atomic E-state index is 0.360. The highest BCUT2D eigenvalue weighted by Crippen LogP contribution is 2.28. The molecule has 0 aromatic heterocycles. The van der Waals surface area contributed by atoms with Crippen LogP contribution in [0.4, 0.5) is 9.18 Å². The molecular weight excluding hydrogens is 399 g/mol. The monoisotopic (exact) mass is 426 g/mol. The van der Waals surface area contributed by atoms with Gasteiger partial charge in [-0.15, -0.1) is 0 Å². The van der Waals surface area contributed by atoms with Crippen LogP contribution in [0.5, 0.6) is 0 Å². The molecule has 1 aliphatic rings. The van der Waals surface area contributed by atoms with Crippen molar-refractivity contribution in [1.29, 1.82) is 0 Å². The second kappa shape index (κ2) is 9.70. The van der Waals surface area contributed by atoms with Gasteiger partial charge in [0.2, 0.25) is 5.91 Å². The Labute approximate surface area is 181 Å². The molecule has 1 heterocycles. The van der Waals surface area contributed by atoms with Crippen molar-refractivity contribution in [2.24, 2.45) is 0 Å². The van der Waals surface area contributed by atoms with Crippen LogP contribution < -0.4 is 10.6 Å². The summed E-state index contributed by atoms with van der Waals surface area (Å²) in [6, 6.07) is 14.8. The number of rotatable bonds is 9. The maximum Gasteiger partial charge on any atom is 0.325 e. The van der Waals surface area contributed by atoms with Crippen LogP contribution in [0.15, 0.2) is 54.6 Å². The highest BCUT2D eigenvalue weighted by molar-refractivity contribution is 6.09. The number of benzene rings is 2. The molecule has 0 saturated carbocycles. The molecule has 1 aliphatic heterocycles. The quantitative estimate of drug-likeness (QED) is 0.476. The largest absolute Gasteiger partial charge is 0.354 e. The topological polar surface area (TPSA) is 81.8 Å². The minimum atomic E-state index is -1.33. The first-order valence-corrected chi connectivity index (χ1v) is 10.2. The molecular formula is C23H27FN4O3. The maximum atomic E-state index is 13.2. The fourth-order valence-corrected chi connectivity index (χ4v) is 3.57. The number of nitrogens with zero attached hydrogens (tertiary/aromatic N) is 2. The first-order valence-electron chi connectivity index (χ1n) is 10.2. The molecule has 0 radical (unpaired) electrons. The Morgan fingerprint density at radius 2 is 1.81 bits per heavy atom. The Morgan fingerprint density at radius 3 is 2.48 bits per heavy atom. The van der Waals surface area contributed by atoms with Crippen molar-refractivity contribution in [1.82, 2.24) is 20.4 Å². The molecule has 2 aromatic carbocycles. The van der Waals surface area contributed by atoms with Crippen LogP contribution in [0.25, 0.3) is 0 Å². The number of halogens is 1. The zero-order valence-corrected chi connectivity index (χ0v) is 17.7. The molecule has 164 valence electrons. The van der Waals surface area contributed by atoms with Crippen molar-refractivity contribution in [3.63, 3.8) is 0 Å². The van der Waals surface area contributed by atoms with Gasteiger partial charge in [-0.1, -0.05) is 42.5 Å². The fourth-order valence-electron chi connectivity index (χ4n) is 3.57. The summed E-state index contributed by atoms with van der Waals surface area (Å²) in [5.41, 5.74) is 0.346. The summed E-state index contributed by atoms with van der Waals surface area (Å²) in [5, 5.41) is 5.36. The molecule has 7 nitrogen and oxygen atoms in total. The van der Waals surface area contributed by atoms with Gasteiger partial charge < -0.3 is 15.5 Å². The third-order valence-electron chi connectivity index (χ3n) is 5.33. The maximum absolute atomic E-state index is 13.2. The van der Waals surface area contributed by atoms with E-state index in [0.29, 0.717) is 12.1 Å². The van der Waals surface area contributed by atoms with Crippen LogP contribution >= 0.6 is 0 Å². The SMILES string of the molecule is CN(CCCNC(=O)CN1C(=O)NC(C)(c2ccc(F)cc2)C1=O)Cc1ccccc1. The lowest BCUT2D eigenvalue weighted by molar-refractivity contribution is -0.134. The summed E-state index contributed by atoms with van der Waals surface area (Å²) in [7, 11) is 2.01. The normalized spacial score (nSPS) is 18.4. The Balaban J connectivity index is 1.45. The Hall–Kier alpha value is -3.26. The van der Waals surface area contributed by atoms with E-state index in [0.717, 1.165) is 24.4 Å². The van der Waals surface area contributed by atoms with Gasteiger partial charge in [-0.25, -0.2) is 9.18 Å². The summed E-state index contributed by atoms with van der Waals surface area (Å²) >= 11 is 0. The molecule has 1 unspecified atom stereocenters. The van der Waals surface area contributed by atoms with E-state index < -0.39 is 29.2 Å². The number of hydrogen-bond donors (Lipinski definition) is 2. The number of carbonyl (C=O) groups is 3. The molecule has 2 N–H and O–H groups in total. The van der Waals surface area contributed by atoms with E-state index in [4.69, 9.17) is 0 Å². The third-order valence-corrected chi connectivity index (χ3v) is 5.33. The molecule has 2 aromatic rings. The Bertz CT molecular complexity index is 936. The lowest BCUT2D eigenvalue weighted by Gasteiger charge is -2.22. The van der Waals surface area contributed by atoms with E-state index in [1.165, 1.54) is 29.8 Å². The van der Waals surface area contributed by atoms with Crippen LogP contribution in [0.3, 0.4) is 0 Å². The molecule has 1 atom stereocenters. The van der Waals surface area contributed by atoms with E-state index in [2.05, 4.69) is 27.7 Å². The van der Waals surface area contributed by atoms with Crippen LogP contribution in [0, 0.1) is 5.82 Å². The van der Waals surface area contributed by atoms with Crippen molar-refractivity contribution >= 4 is 17.8 Å². The van der Waals surface area contributed by atoms with Gasteiger partial charge in [0.05, 0.1) is 0 Å². The Morgan fingerprint density at radius 1 is 1.13 bits per heavy atom. The van der Waals surface area contributed by atoms with E-state index in [-0.39, 0.29) is 6.54 Å². The smallest absolute Gasteiger partial charge is 0.325 e. The third kappa shape index (κ3) is 5.46. The zero-order chi connectivity index (χ0) is 22.4. The second-order valence-electron chi connectivity index (χ2n) is 7.88. The van der Waals surface area contributed by atoms with Crippen LogP contribution in [0.2, 0.25) is 0 Å². The van der Waals surface area contributed by atoms with E-state index in [1.54, 1.807) is 6.92 Å². The molecule has 0 spiro atoms. The lowest BCUT2D eigenvalue weighted by atomic mass is 9.92. The van der Waals surface area contributed by atoms with Crippen LogP contribution in [0.1, 0.15) is 24.5 Å². The summed E-state index contributed by atoms with van der Waals surface area (Å²) in [5.74, 6) is -1.38. The number of urea groups is 1. The molecule has 0 aliphatic carbocycles. The molecule has 0 bridgehead atoms. The van der Waals surface area contributed by atoms with Crippen molar-refractivity contribution in [3.8, 4) is 0 Å². The van der Waals surface area contributed by atoms with Gasteiger partial charge in [0, 0.05) is 13.1 Å². The average Bonchev–Trinajstić information content (AvgIpc) is 2.96. The zero-order valence-electron chi connectivity index (χ0n) is 17.7. The van der Waals surface area contributed by atoms with Gasteiger partial charge in [0.25, 0.3) is 5.91 Å². The van der Waals surface area contributed by atoms with E-state index in [9.17, 15) is 18.8 Å². The molecule has 8 heteroatoms. The number of imide groups is 1. The first kappa shape index (κ1) is 22.4. The van der Waals surface area contributed by atoms with Gasteiger partial charge in [-0.3, -0.25) is 14.5 Å². The fraction of sp³-hybridized carbons (Fsp3) is 0.348. The summed E-state index contributed by atoms with van der Waals surface area (Å²) in [4.78, 5) is 40.4. The van der Waals surface area contributed by atoms with E-state index in [1.807, 2.05) is 25.2 Å². The van der Waals surface area contributed by atoms with Crippen molar-refractivity contribution in [2.45, 2.75) is 25.4 Å². The Kier molecular flexibility index (Phi) is 7.02. The van der Waals surface area contributed by atoms with Crippen molar-refractivity contribution in [2.75, 3.05) is 26.7 Å². The number of amides is 4. The predicted octanol–water partition coefficient (Wildman–Crippen LogP) is 2.23. The van der Waals surface area contributed by atoms with E-state index >= 15 is 0 Å². The molecule has 31 heavy (non-hydrogen) atoms. The highest BCUT2D eigenvalue weighted by Gasteiger charge is 2.49. The second-order valence-corrected chi connectivity index (χ2v) is 7.88. The molecule has 1 saturated heterocycles. The van der Waals surface area contributed by atoms with Gasteiger partial charge in [0.1, 0.15) is 17.9 Å². The lowest BCUT2D eigenvalue weighted by Crippen LogP contribution is -2.43. The summed E-state index contributed by atoms with van der Waals surface area (Å²) in [6.07, 6.45) is 0.739. The summed E-state index contributed by atoms with van der Waals surface area (Å²) in [6.45, 7) is 3.24. The number of nitrogens with one attached hydrogen (secondary N) is 2. The minimum Gasteiger partial charge on any atom is -0.354 e. The first-order chi connectivity index (χ1) is 14.8.